The van der Waals surface area contributed by atoms with Crippen LogP contribution in [-0.2, 0) is 10.2 Å². The summed E-state index contributed by atoms with van der Waals surface area (Å²) in [6.45, 7) is 0.489. The Morgan fingerprint density at radius 1 is 1.33 bits per heavy atom. The molecular formula is C9H19ClN2O2S. The lowest BCUT2D eigenvalue weighted by molar-refractivity contribution is 0.236. The molecule has 0 aromatic rings. The fourth-order valence-electron chi connectivity index (χ4n) is 1.56. The summed E-state index contributed by atoms with van der Waals surface area (Å²) in [6, 6.07) is 0.202. The van der Waals surface area contributed by atoms with Crippen LogP contribution in [-0.4, -0.2) is 49.6 Å². The van der Waals surface area contributed by atoms with Gasteiger partial charge in [0, 0.05) is 32.6 Å². The summed E-state index contributed by atoms with van der Waals surface area (Å²) >= 11 is 5.54. The van der Waals surface area contributed by atoms with Crippen LogP contribution in [0.15, 0.2) is 0 Å². The fraction of sp³-hybridized carbons (Fsp3) is 1.00. The highest BCUT2D eigenvalue weighted by molar-refractivity contribution is 7.86. The van der Waals surface area contributed by atoms with Crippen molar-refractivity contribution in [3.05, 3.63) is 0 Å². The van der Waals surface area contributed by atoms with E-state index < -0.39 is 10.2 Å². The van der Waals surface area contributed by atoms with Gasteiger partial charge in [0.15, 0.2) is 0 Å². The van der Waals surface area contributed by atoms with Gasteiger partial charge in [-0.3, -0.25) is 0 Å². The van der Waals surface area contributed by atoms with Crippen molar-refractivity contribution in [1.29, 1.82) is 0 Å². The van der Waals surface area contributed by atoms with Gasteiger partial charge in [-0.1, -0.05) is 6.42 Å². The minimum Gasteiger partial charge on any atom is -0.195 e. The van der Waals surface area contributed by atoms with Crippen LogP contribution < -0.4 is 0 Å². The number of alkyl halides is 1. The molecule has 1 aliphatic rings. The van der Waals surface area contributed by atoms with E-state index in [9.17, 15) is 8.42 Å². The van der Waals surface area contributed by atoms with Crippen molar-refractivity contribution in [1.82, 2.24) is 8.61 Å². The van der Waals surface area contributed by atoms with Crippen LogP contribution >= 0.6 is 11.6 Å². The molecule has 0 radical (unpaired) electrons. The molecule has 0 unspecified atom stereocenters. The van der Waals surface area contributed by atoms with Crippen molar-refractivity contribution in [2.24, 2.45) is 0 Å². The number of halogens is 1. The Morgan fingerprint density at radius 2 is 1.93 bits per heavy atom. The van der Waals surface area contributed by atoms with E-state index in [4.69, 9.17) is 11.6 Å². The summed E-state index contributed by atoms with van der Waals surface area (Å²) in [6.07, 6.45) is 3.80. The van der Waals surface area contributed by atoms with Gasteiger partial charge < -0.3 is 0 Å². The van der Waals surface area contributed by atoms with Crippen molar-refractivity contribution >= 4 is 21.8 Å². The first-order valence-electron chi connectivity index (χ1n) is 5.25. The van der Waals surface area contributed by atoms with E-state index in [0.29, 0.717) is 18.8 Å². The zero-order valence-electron chi connectivity index (χ0n) is 9.32. The quantitative estimate of drug-likeness (QED) is 0.670. The zero-order chi connectivity index (χ0) is 11.5. The monoisotopic (exact) mass is 254 g/mol. The first kappa shape index (κ1) is 13.2. The first-order valence-corrected chi connectivity index (χ1v) is 7.18. The van der Waals surface area contributed by atoms with E-state index in [1.807, 2.05) is 0 Å². The molecule has 1 aliphatic carbocycles. The van der Waals surface area contributed by atoms with Crippen LogP contribution in [0.5, 0.6) is 0 Å². The minimum absolute atomic E-state index is 0.202. The maximum Gasteiger partial charge on any atom is 0.281 e. The molecule has 90 valence electrons. The van der Waals surface area contributed by atoms with Crippen molar-refractivity contribution < 1.29 is 8.42 Å². The standard InChI is InChI=1S/C9H19ClN2O2S/c1-11(8-4-7-10)15(13,14)12(2)9-5-3-6-9/h9H,3-8H2,1-2H3. The highest BCUT2D eigenvalue weighted by atomic mass is 35.5. The molecule has 0 atom stereocenters. The van der Waals surface area contributed by atoms with Gasteiger partial charge in [-0.25, -0.2) is 0 Å². The van der Waals surface area contributed by atoms with Gasteiger partial charge in [0.25, 0.3) is 10.2 Å². The van der Waals surface area contributed by atoms with Crippen LogP contribution in [0, 0.1) is 0 Å². The molecule has 6 heteroatoms. The average Bonchev–Trinajstić information content (AvgIpc) is 2.11. The average molecular weight is 255 g/mol. The van der Waals surface area contributed by atoms with Crippen molar-refractivity contribution in [2.75, 3.05) is 26.5 Å². The molecule has 1 rings (SSSR count). The summed E-state index contributed by atoms with van der Waals surface area (Å²) in [7, 11) is 0.00794. The van der Waals surface area contributed by atoms with Crippen LogP contribution in [0.2, 0.25) is 0 Å². The molecule has 0 amide bonds. The maximum atomic E-state index is 12.0. The Hall–Kier alpha value is 0.160. The molecule has 1 fully saturated rings. The van der Waals surface area contributed by atoms with E-state index in [-0.39, 0.29) is 6.04 Å². The summed E-state index contributed by atoms with van der Waals surface area (Å²) in [5.74, 6) is 0.493. The summed E-state index contributed by atoms with van der Waals surface area (Å²) in [5.41, 5.74) is 0. The Labute approximate surface area is 97.4 Å². The molecule has 0 aliphatic heterocycles. The summed E-state index contributed by atoms with van der Waals surface area (Å²) in [5, 5.41) is 0. The molecule has 0 N–H and O–H groups in total. The Morgan fingerprint density at radius 3 is 2.33 bits per heavy atom. The largest absolute Gasteiger partial charge is 0.281 e. The van der Waals surface area contributed by atoms with E-state index >= 15 is 0 Å². The second-order valence-electron chi connectivity index (χ2n) is 3.97. The second-order valence-corrected chi connectivity index (χ2v) is 6.45. The van der Waals surface area contributed by atoms with Crippen LogP contribution in [0.4, 0.5) is 0 Å². The normalized spacial score (nSPS) is 18.5. The molecule has 4 nitrogen and oxygen atoms in total. The molecule has 0 spiro atoms. The third-order valence-electron chi connectivity index (χ3n) is 2.95. The number of nitrogens with zero attached hydrogens (tertiary/aromatic N) is 2. The molecule has 15 heavy (non-hydrogen) atoms. The fourth-order valence-corrected chi connectivity index (χ4v) is 3.06. The number of hydrogen-bond acceptors (Lipinski definition) is 2. The van der Waals surface area contributed by atoms with Crippen molar-refractivity contribution in [2.45, 2.75) is 31.7 Å². The van der Waals surface area contributed by atoms with Gasteiger partial charge in [-0.05, 0) is 19.3 Å². The van der Waals surface area contributed by atoms with E-state index in [0.717, 1.165) is 19.3 Å². The molecule has 0 saturated heterocycles. The van der Waals surface area contributed by atoms with Gasteiger partial charge in [0.05, 0.1) is 0 Å². The Kier molecular flexibility index (Phi) is 4.83. The van der Waals surface area contributed by atoms with Gasteiger partial charge in [-0.15, -0.1) is 11.6 Å². The molecule has 0 aromatic heterocycles. The van der Waals surface area contributed by atoms with Gasteiger partial charge >= 0.3 is 0 Å². The second kappa shape index (κ2) is 5.48. The highest BCUT2D eigenvalue weighted by Crippen LogP contribution is 2.26. The van der Waals surface area contributed by atoms with Crippen LogP contribution in [0.25, 0.3) is 0 Å². The molecule has 0 aromatic carbocycles. The van der Waals surface area contributed by atoms with Crippen LogP contribution in [0.1, 0.15) is 25.7 Å². The highest BCUT2D eigenvalue weighted by Gasteiger charge is 2.32. The van der Waals surface area contributed by atoms with E-state index in [1.54, 1.807) is 14.1 Å². The first-order chi connectivity index (χ1) is 7.00. The van der Waals surface area contributed by atoms with Gasteiger partial charge in [0.2, 0.25) is 0 Å². The smallest absolute Gasteiger partial charge is 0.195 e. The third kappa shape index (κ3) is 3.06. The SMILES string of the molecule is CN(CCCCl)S(=O)(=O)N(C)C1CCC1. The third-order valence-corrected chi connectivity index (χ3v) is 5.22. The van der Waals surface area contributed by atoms with Gasteiger partial charge in [-0.2, -0.15) is 17.0 Å². The Balaban J connectivity index is 2.55. The predicted molar refractivity (Wildman–Crippen MR) is 62.3 cm³/mol. The van der Waals surface area contributed by atoms with E-state index in [2.05, 4.69) is 0 Å². The number of hydrogen-bond donors (Lipinski definition) is 0. The lowest BCUT2D eigenvalue weighted by Crippen LogP contribution is -2.47. The van der Waals surface area contributed by atoms with Gasteiger partial charge in [0.1, 0.15) is 0 Å². The van der Waals surface area contributed by atoms with Crippen molar-refractivity contribution in [3.8, 4) is 0 Å². The Bertz CT molecular complexity index is 290. The minimum atomic E-state index is -3.26. The molecule has 0 heterocycles. The molecule has 0 bridgehead atoms. The maximum absolute atomic E-state index is 12.0. The summed E-state index contributed by atoms with van der Waals surface area (Å²) in [4.78, 5) is 0. The van der Waals surface area contributed by atoms with Crippen molar-refractivity contribution in [3.63, 3.8) is 0 Å². The van der Waals surface area contributed by atoms with Crippen LogP contribution in [0.3, 0.4) is 0 Å². The predicted octanol–water partition coefficient (Wildman–Crippen LogP) is 1.28. The zero-order valence-corrected chi connectivity index (χ0v) is 10.9. The topological polar surface area (TPSA) is 40.6 Å². The molecular weight excluding hydrogens is 236 g/mol. The lowest BCUT2D eigenvalue weighted by Gasteiger charge is -2.35. The molecule has 1 saturated carbocycles. The lowest BCUT2D eigenvalue weighted by atomic mass is 9.94. The number of rotatable bonds is 6. The summed E-state index contributed by atoms with van der Waals surface area (Å²) < 4.78 is 26.8. The van der Waals surface area contributed by atoms with E-state index in [1.165, 1.54) is 8.61 Å².